The first-order valence-corrected chi connectivity index (χ1v) is 5.22. The average molecular weight is 191 g/mol. The molecule has 1 atom stereocenters. The third kappa shape index (κ3) is 2.56. The van der Waals surface area contributed by atoms with Gasteiger partial charge >= 0.3 is 0 Å². The van der Waals surface area contributed by atoms with E-state index >= 15 is 0 Å². The van der Waals surface area contributed by atoms with E-state index in [0.717, 1.165) is 26.1 Å². The van der Waals surface area contributed by atoms with Crippen LogP contribution in [-0.2, 0) is 11.3 Å². The molecule has 0 aliphatic carbocycles. The SMILES string of the molecule is Cc1ccc(CO[C@H]2CCNC2)cc1. The zero-order valence-corrected chi connectivity index (χ0v) is 8.62. The molecule has 0 spiro atoms. The summed E-state index contributed by atoms with van der Waals surface area (Å²) in [5, 5.41) is 3.29. The first-order valence-electron chi connectivity index (χ1n) is 5.22. The van der Waals surface area contributed by atoms with E-state index in [4.69, 9.17) is 4.74 Å². The Labute approximate surface area is 85.3 Å². The van der Waals surface area contributed by atoms with Gasteiger partial charge in [0.15, 0.2) is 0 Å². The minimum Gasteiger partial charge on any atom is -0.372 e. The summed E-state index contributed by atoms with van der Waals surface area (Å²) >= 11 is 0. The molecule has 1 aliphatic rings. The quantitative estimate of drug-likeness (QED) is 0.787. The van der Waals surface area contributed by atoms with Crippen LogP contribution in [0.2, 0.25) is 0 Å². The van der Waals surface area contributed by atoms with Crippen molar-refractivity contribution in [3.05, 3.63) is 35.4 Å². The number of hydrogen-bond donors (Lipinski definition) is 1. The van der Waals surface area contributed by atoms with Gasteiger partial charge in [0.1, 0.15) is 0 Å². The molecule has 2 rings (SSSR count). The number of rotatable bonds is 3. The van der Waals surface area contributed by atoms with E-state index in [9.17, 15) is 0 Å². The summed E-state index contributed by atoms with van der Waals surface area (Å²) in [7, 11) is 0. The Morgan fingerprint density at radius 2 is 2.14 bits per heavy atom. The molecule has 2 nitrogen and oxygen atoms in total. The summed E-state index contributed by atoms with van der Waals surface area (Å²) in [4.78, 5) is 0. The molecule has 0 aromatic heterocycles. The minimum atomic E-state index is 0.413. The van der Waals surface area contributed by atoms with Gasteiger partial charge in [-0.2, -0.15) is 0 Å². The molecule has 1 aromatic rings. The van der Waals surface area contributed by atoms with Gasteiger partial charge < -0.3 is 10.1 Å². The molecule has 1 saturated heterocycles. The van der Waals surface area contributed by atoms with Crippen molar-refractivity contribution in [2.75, 3.05) is 13.1 Å². The van der Waals surface area contributed by atoms with E-state index in [1.54, 1.807) is 0 Å². The lowest BCUT2D eigenvalue weighted by Crippen LogP contribution is -2.16. The summed E-state index contributed by atoms with van der Waals surface area (Å²) in [6.45, 7) is 4.95. The second-order valence-electron chi connectivity index (χ2n) is 3.91. The van der Waals surface area contributed by atoms with Gasteiger partial charge in [-0.05, 0) is 25.5 Å². The molecular weight excluding hydrogens is 174 g/mol. The lowest BCUT2D eigenvalue weighted by molar-refractivity contribution is 0.0542. The van der Waals surface area contributed by atoms with Crippen LogP contribution in [0.1, 0.15) is 17.5 Å². The Kier molecular flexibility index (Phi) is 3.17. The first kappa shape index (κ1) is 9.69. The maximum atomic E-state index is 5.77. The van der Waals surface area contributed by atoms with Crippen molar-refractivity contribution in [1.82, 2.24) is 5.32 Å². The second kappa shape index (κ2) is 4.58. The van der Waals surface area contributed by atoms with Crippen LogP contribution >= 0.6 is 0 Å². The van der Waals surface area contributed by atoms with Crippen molar-refractivity contribution in [3.8, 4) is 0 Å². The van der Waals surface area contributed by atoms with Gasteiger partial charge in [-0.25, -0.2) is 0 Å². The maximum Gasteiger partial charge on any atom is 0.0721 e. The zero-order valence-electron chi connectivity index (χ0n) is 8.62. The van der Waals surface area contributed by atoms with E-state index in [-0.39, 0.29) is 0 Å². The van der Waals surface area contributed by atoms with Crippen molar-refractivity contribution >= 4 is 0 Å². The topological polar surface area (TPSA) is 21.3 Å². The fraction of sp³-hybridized carbons (Fsp3) is 0.500. The van der Waals surface area contributed by atoms with Crippen LogP contribution in [0.3, 0.4) is 0 Å². The number of nitrogens with one attached hydrogen (secondary N) is 1. The average Bonchev–Trinajstić information content (AvgIpc) is 2.70. The largest absolute Gasteiger partial charge is 0.372 e. The maximum absolute atomic E-state index is 5.77. The smallest absolute Gasteiger partial charge is 0.0721 e. The summed E-state index contributed by atoms with van der Waals surface area (Å²) in [5.74, 6) is 0. The van der Waals surface area contributed by atoms with Gasteiger partial charge in [-0.3, -0.25) is 0 Å². The van der Waals surface area contributed by atoms with E-state index in [0.29, 0.717) is 6.10 Å². The Hall–Kier alpha value is -0.860. The Morgan fingerprint density at radius 3 is 2.79 bits per heavy atom. The molecule has 76 valence electrons. The number of aryl methyl sites for hydroxylation is 1. The highest BCUT2D eigenvalue weighted by Crippen LogP contribution is 2.09. The lowest BCUT2D eigenvalue weighted by Gasteiger charge is -2.10. The van der Waals surface area contributed by atoms with Gasteiger partial charge in [0.2, 0.25) is 0 Å². The van der Waals surface area contributed by atoms with Crippen molar-refractivity contribution in [3.63, 3.8) is 0 Å². The van der Waals surface area contributed by atoms with E-state index in [1.165, 1.54) is 11.1 Å². The van der Waals surface area contributed by atoms with Gasteiger partial charge in [-0.15, -0.1) is 0 Å². The first-order chi connectivity index (χ1) is 6.84. The van der Waals surface area contributed by atoms with Gasteiger partial charge in [0, 0.05) is 6.54 Å². The molecule has 0 bridgehead atoms. The molecule has 1 N–H and O–H groups in total. The summed E-state index contributed by atoms with van der Waals surface area (Å²) in [6, 6.07) is 8.53. The highest BCUT2D eigenvalue weighted by atomic mass is 16.5. The molecule has 0 saturated carbocycles. The predicted octanol–water partition coefficient (Wildman–Crippen LogP) is 1.87. The van der Waals surface area contributed by atoms with Crippen LogP contribution in [0.4, 0.5) is 0 Å². The van der Waals surface area contributed by atoms with Crippen molar-refractivity contribution in [1.29, 1.82) is 0 Å². The molecule has 2 heteroatoms. The van der Waals surface area contributed by atoms with Crippen molar-refractivity contribution in [2.45, 2.75) is 26.1 Å². The van der Waals surface area contributed by atoms with Crippen LogP contribution in [0.15, 0.2) is 24.3 Å². The molecule has 0 radical (unpaired) electrons. The molecule has 0 unspecified atom stereocenters. The summed E-state index contributed by atoms with van der Waals surface area (Å²) in [6.07, 6.45) is 1.56. The number of ether oxygens (including phenoxy) is 1. The molecule has 14 heavy (non-hydrogen) atoms. The Balaban J connectivity index is 1.82. The highest BCUT2D eigenvalue weighted by molar-refractivity contribution is 5.20. The minimum absolute atomic E-state index is 0.413. The number of hydrogen-bond acceptors (Lipinski definition) is 2. The molecule has 1 aliphatic heterocycles. The molecule has 1 heterocycles. The van der Waals surface area contributed by atoms with Crippen LogP contribution in [0.25, 0.3) is 0 Å². The van der Waals surface area contributed by atoms with Gasteiger partial charge in [-0.1, -0.05) is 29.8 Å². The monoisotopic (exact) mass is 191 g/mol. The summed E-state index contributed by atoms with van der Waals surface area (Å²) in [5.41, 5.74) is 2.57. The third-order valence-electron chi connectivity index (χ3n) is 2.62. The molecule has 0 amide bonds. The summed E-state index contributed by atoms with van der Waals surface area (Å²) < 4.78 is 5.77. The van der Waals surface area contributed by atoms with Gasteiger partial charge in [0.25, 0.3) is 0 Å². The fourth-order valence-electron chi connectivity index (χ4n) is 1.67. The normalized spacial score (nSPS) is 21.4. The molecule has 1 fully saturated rings. The third-order valence-corrected chi connectivity index (χ3v) is 2.62. The zero-order chi connectivity index (χ0) is 9.80. The van der Waals surface area contributed by atoms with E-state index < -0.39 is 0 Å². The number of benzene rings is 1. The second-order valence-corrected chi connectivity index (χ2v) is 3.91. The molecule has 1 aromatic carbocycles. The van der Waals surface area contributed by atoms with Crippen LogP contribution < -0.4 is 5.32 Å². The van der Waals surface area contributed by atoms with Crippen LogP contribution in [0, 0.1) is 6.92 Å². The van der Waals surface area contributed by atoms with Crippen molar-refractivity contribution in [2.24, 2.45) is 0 Å². The highest BCUT2D eigenvalue weighted by Gasteiger charge is 2.14. The van der Waals surface area contributed by atoms with Crippen LogP contribution in [0.5, 0.6) is 0 Å². The fourth-order valence-corrected chi connectivity index (χ4v) is 1.67. The standard InChI is InChI=1S/C12H17NO/c1-10-2-4-11(5-3-10)9-14-12-6-7-13-8-12/h2-5,12-13H,6-9H2,1H3/t12-/m0/s1. The lowest BCUT2D eigenvalue weighted by atomic mass is 10.2. The molecular formula is C12H17NO. The van der Waals surface area contributed by atoms with Crippen LogP contribution in [-0.4, -0.2) is 19.2 Å². The van der Waals surface area contributed by atoms with E-state index in [2.05, 4.69) is 36.5 Å². The van der Waals surface area contributed by atoms with Crippen molar-refractivity contribution < 1.29 is 4.74 Å². The predicted molar refractivity (Wildman–Crippen MR) is 57.2 cm³/mol. The Morgan fingerprint density at radius 1 is 1.36 bits per heavy atom. The Bertz CT molecular complexity index is 275. The van der Waals surface area contributed by atoms with E-state index in [1.807, 2.05) is 0 Å². The van der Waals surface area contributed by atoms with Gasteiger partial charge in [0.05, 0.1) is 12.7 Å².